The topological polar surface area (TPSA) is 29.1 Å². The van der Waals surface area contributed by atoms with Gasteiger partial charge < -0.3 is 5.32 Å². The van der Waals surface area contributed by atoms with Crippen molar-refractivity contribution < 1.29 is 4.79 Å². The number of aldehydes is 1. The number of carbonyl (C=O) groups is 1. The lowest BCUT2D eigenvalue weighted by molar-refractivity contribution is -0.105. The van der Waals surface area contributed by atoms with Crippen LogP contribution in [0.4, 0.5) is 0 Å². The van der Waals surface area contributed by atoms with Gasteiger partial charge in [-0.2, -0.15) is 0 Å². The Hall–Kier alpha value is -1.57. The maximum atomic E-state index is 11.2. The lowest BCUT2D eigenvalue weighted by Gasteiger charge is -2.21. The molecule has 1 aliphatic carbocycles. The van der Waals surface area contributed by atoms with Crippen molar-refractivity contribution in [3.05, 3.63) is 47.7 Å². The van der Waals surface area contributed by atoms with E-state index >= 15 is 0 Å². The summed E-state index contributed by atoms with van der Waals surface area (Å²) in [5.41, 5.74) is 2.28. The van der Waals surface area contributed by atoms with E-state index < -0.39 is 0 Å². The summed E-state index contributed by atoms with van der Waals surface area (Å²) in [5, 5.41) is 3.29. The molecular weight excluding hydrogens is 234 g/mol. The third-order valence-corrected chi connectivity index (χ3v) is 3.88. The van der Waals surface area contributed by atoms with Gasteiger partial charge in [-0.3, -0.25) is 4.79 Å². The fourth-order valence-electron chi connectivity index (χ4n) is 2.74. The second-order valence-electron chi connectivity index (χ2n) is 5.29. The first-order valence-corrected chi connectivity index (χ1v) is 7.32. The largest absolute Gasteiger partial charge is 0.390 e. The number of hydrogen-bond acceptors (Lipinski definition) is 2. The van der Waals surface area contributed by atoms with Crippen LogP contribution in [0.5, 0.6) is 0 Å². The molecule has 102 valence electrons. The van der Waals surface area contributed by atoms with Crippen molar-refractivity contribution in [1.82, 2.24) is 5.32 Å². The molecule has 0 atom stereocenters. The quantitative estimate of drug-likeness (QED) is 0.480. The molecule has 0 heterocycles. The lowest BCUT2D eigenvalue weighted by Crippen LogP contribution is -2.16. The van der Waals surface area contributed by atoms with Crippen molar-refractivity contribution in [3.8, 4) is 0 Å². The molecule has 2 nitrogen and oxygen atoms in total. The van der Waals surface area contributed by atoms with Crippen molar-refractivity contribution >= 4 is 6.29 Å². The predicted molar refractivity (Wildman–Crippen MR) is 78.9 cm³/mol. The number of carbonyl (C=O) groups excluding carboxylic acids is 1. The minimum atomic E-state index is 0.482. The normalized spacial score (nSPS) is 17.2. The summed E-state index contributed by atoms with van der Waals surface area (Å²) < 4.78 is 0. The first-order chi connectivity index (χ1) is 9.40. The molecule has 2 rings (SSSR count). The van der Waals surface area contributed by atoms with Crippen molar-refractivity contribution in [1.29, 1.82) is 0 Å². The molecule has 0 aliphatic heterocycles. The van der Waals surface area contributed by atoms with Gasteiger partial charge in [-0.1, -0.05) is 49.6 Å². The van der Waals surface area contributed by atoms with Crippen LogP contribution in [-0.2, 0) is 11.2 Å². The second-order valence-corrected chi connectivity index (χ2v) is 5.29. The Balaban J connectivity index is 1.78. The van der Waals surface area contributed by atoms with E-state index in [2.05, 4.69) is 29.6 Å². The average Bonchev–Trinajstić information content (AvgIpc) is 2.49. The van der Waals surface area contributed by atoms with Crippen LogP contribution in [-0.4, -0.2) is 12.8 Å². The van der Waals surface area contributed by atoms with Gasteiger partial charge in [0.2, 0.25) is 0 Å². The minimum absolute atomic E-state index is 0.482. The molecule has 1 aromatic rings. The summed E-state index contributed by atoms with van der Waals surface area (Å²) in [5.74, 6) is 0.482. The maximum absolute atomic E-state index is 11.2. The smallest absolute Gasteiger partial charge is 0.147 e. The Morgan fingerprint density at radius 2 is 1.89 bits per heavy atom. The lowest BCUT2D eigenvalue weighted by atomic mass is 9.84. The van der Waals surface area contributed by atoms with Gasteiger partial charge in [-0.25, -0.2) is 0 Å². The van der Waals surface area contributed by atoms with Gasteiger partial charge in [0.1, 0.15) is 6.29 Å². The molecule has 1 aliphatic rings. The highest BCUT2D eigenvalue weighted by Gasteiger charge is 2.16. The van der Waals surface area contributed by atoms with E-state index in [0.29, 0.717) is 5.92 Å². The number of rotatable bonds is 6. The van der Waals surface area contributed by atoms with Crippen LogP contribution in [0.1, 0.15) is 37.7 Å². The van der Waals surface area contributed by atoms with Crippen LogP contribution >= 0.6 is 0 Å². The van der Waals surface area contributed by atoms with Gasteiger partial charge in [0.05, 0.1) is 0 Å². The number of allylic oxidation sites excluding steroid dienone is 1. The van der Waals surface area contributed by atoms with Crippen LogP contribution in [0.15, 0.2) is 42.1 Å². The van der Waals surface area contributed by atoms with Gasteiger partial charge in [-0.15, -0.1) is 0 Å². The minimum Gasteiger partial charge on any atom is -0.390 e. The Morgan fingerprint density at radius 1 is 1.16 bits per heavy atom. The summed E-state index contributed by atoms with van der Waals surface area (Å²) in [6, 6.07) is 10.4. The third-order valence-electron chi connectivity index (χ3n) is 3.88. The molecule has 19 heavy (non-hydrogen) atoms. The highest BCUT2D eigenvalue weighted by atomic mass is 16.1. The first kappa shape index (κ1) is 13.9. The predicted octanol–water partition coefficient (Wildman–Crippen LogP) is 3.48. The standard InChI is InChI=1S/C17H23NO/c19-14-17(16-9-5-2-6-10-16)13-18-12-11-15-7-3-1-4-8-15/h1,3-4,7-8,13-14,16,18H,2,5-6,9-12H2/b17-13-. The molecule has 2 heteroatoms. The van der Waals surface area contributed by atoms with E-state index in [1.165, 1.54) is 37.7 Å². The summed E-state index contributed by atoms with van der Waals surface area (Å²) in [4.78, 5) is 11.2. The second kappa shape index (κ2) is 7.78. The Kier molecular flexibility index (Phi) is 5.67. The maximum Gasteiger partial charge on any atom is 0.147 e. The van der Waals surface area contributed by atoms with Crippen LogP contribution in [0.3, 0.4) is 0 Å². The van der Waals surface area contributed by atoms with E-state index in [9.17, 15) is 4.79 Å². The molecule has 0 saturated heterocycles. The van der Waals surface area contributed by atoms with Crippen molar-refractivity contribution in [2.45, 2.75) is 38.5 Å². The third kappa shape index (κ3) is 4.55. The zero-order valence-corrected chi connectivity index (χ0v) is 11.5. The van der Waals surface area contributed by atoms with E-state index in [1.807, 2.05) is 12.3 Å². The molecule has 0 radical (unpaired) electrons. The molecule has 0 unspecified atom stereocenters. The monoisotopic (exact) mass is 257 g/mol. The zero-order chi connectivity index (χ0) is 13.3. The van der Waals surface area contributed by atoms with E-state index in [0.717, 1.165) is 24.8 Å². The van der Waals surface area contributed by atoms with Gasteiger partial charge in [0.25, 0.3) is 0 Å². The van der Waals surface area contributed by atoms with Crippen LogP contribution in [0, 0.1) is 5.92 Å². The first-order valence-electron chi connectivity index (χ1n) is 7.32. The SMILES string of the molecule is O=C/C(=C/NCCc1ccccc1)C1CCCCC1. The van der Waals surface area contributed by atoms with Crippen LogP contribution in [0.2, 0.25) is 0 Å². The van der Waals surface area contributed by atoms with Crippen LogP contribution < -0.4 is 5.32 Å². The summed E-state index contributed by atoms with van der Waals surface area (Å²) >= 11 is 0. The van der Waals surface area contributed by atoms with Crippen LogP contribution in [0.25, 0.3) is 0 Å². The van der Waals surface area contributed by atoms with Crippen molar-refractivity contribution in [2.24, 2.45) is 5.92 Å². The zero-order valence-electron chi connectivity index (χ0n) is 11.5. The molecule has 1 N–H and O–H groups in total. The Labute approximate surface area is 115 Å². The molecule has 0 bridgehead atoms. The van der Waals surface area contributed by atoms with Crippen molar-refractivity contribution in [2.75, 3.05) is 6.54 Å². The van der Waals surface area contributed by atoms with Gasteiger partial charge in [0, 0.05) is 18.3 Å². The fraction of sp³-hybridized carbons (Fsp3) is 0.471. The molecule has 1 fully saturated rings. The molecule has 1 aromatic carbocycles. The Bertz CT molecular complexity index is 405. The fourth-order valence-corrected chi connectivity index (χ4v) is 2.74. The van der Waals surface area contributed by atoms with E-state index in [1.54, 1.807) is 0 Å². The summed E-state index contributed by atoms with van der Waals surface area (Å²) in [6.45, 7) is 0.883. The number of benzene rings is 1. The van der Waals surface area contributed by atoms with Gasteiger partial charge in [-0.05, 0) is 30.7 Å². The molecule has 0 spiro atoms. The molecule has 0 amide bonds. The molecular formula is C17H23NO. The Morgan fingerprint density at radius 3 is 2.58 bits per heavy atom. The van der Waals surface area contributed by atoms with Gasteiger partial charge >= 0.3 is 0 Å². The highest BCUT2D eigenvalue weighted by molar-refractivity contribution is 5.73. The summed E-state index contributed by atoms with van der Waals surface area (Å²) in [6.07, 6.45) is 10.2. The van der Waals surface area contributed by atoms with Gasteiger partial charge in [0.15, 0.2) is 0 Å². The molecule has 1 saturated carbocycles. The van der Waals surface area contributed by atoms with Crippen molar-refractivity contribution in [3.63, 3.8) is 0 Å². The summed E-state index contributed by atoms with van der Waals surface area (Å²) in [7, 11) is 0. The number of nitrogens with one attached hydrogen (secondary N) is 1. The molecule has 0 aromatic heterocycles. The average molecular weight is 257 g/mol. The van der Waals surface area contributed by atoms with E-state index in [4.69, 9.17) is 0 Å². The van der Waals surface area contributed by atoms with E-state index in [-0.39, 0.29) is 0 Å². The highest BCUT2D eigenvalue weighted by Crippen LogP contribution is 2.28. The number of hydrogen-bond donors (Lipinski definition) is 1.